The molecule has 7 heteroatoms. The van der Waals surface area contributed by atoms with Crippen molar-refractivity contribution in [1.82, 2.24) is 4.98 Å². The third kappa shape index (κ3) is 2.89. The van der Waals surface area contributed by atoms with Crippen LogP contribution in [0.2, 0.25) is 10.0 Å². The molecule has 2 aromatic rings. The second-order valence-electron chi connectivity index (χ2n) is 3.68. The van der Waals surface area contributed by atoms with Gasteiger partial charge in [0.1, 0.15) is 5.82 Å². The Morgan fingerprint density at radius 2 is 2.00 bits per heavy atom. The molecule has 0 unspecified atom stereocenters. The molecule has 0 saturated carbocycles. The maximum atomic E-state index is 13.4. The molecule has 0 aliphatic heterocycles. The zero-order valence-corrected chi connectivity index (χ0v) is 11.1. The van der Waals surface area contributed by atoms with Crippen molar-refractivity contribution in [3.63, 3.8) is 0 Å². The minimum atomic E-state index is -1.05. The SMILES string of the molecule is Nc1ncccc1O[C@@H](N)c1c(Cl)ccc(F)c1Cl. The lowest BCUT2D eigenvalue weighted by Crippen LogP contribution is -2.19. The van der Waals surface area contributed by atoms with Gasteiger partial charge in [0.05, 0.1) is 10.0 Å². The lowest BCUT2D eigenvalue weighted by molar-refractivity contribution is 0.214. The van der Waals surface area contributed by atoms with E-state index in [1.54, 1.807) is 12.1 Å². The molecule has 0 aliphatic rings. The van der Waals surface area contributed by atoms with Crippen molar-refractivity contribution in [2.45, 2.75) is 6.23 Å². The molecule has 0 fully saturated rings. The van der Waals surface area contributed by atoms with E-state index in [2.05, 4.69) is 4.98 Å². The van der Waals surface area contributed by atoms with Crippen LogP contribution >= 0.6 is 23.2 Å². The molecule has 4 nitrogen and oxygen atoms in total. The van der Waals surface area contributed by atoms with Crippen molar-refractivity contribution in [2.75, 3.05) is 5.73 Å². The molecule has 1 atom stereocenters. The highest BCUT2D eigenvalue weighted by Crippen LogP contribution is 2.33. The molecule has 1 aromatic heterocycles. The molecule has 0 spiro atoms. The van der Waals surface area contributed by atoms with Gasteiger partial charge in [-0.25, -0.2) is 9.37 Å². The van der Waals surface area contributed by atoms with Crippen LogP contribution in [0.3, 0.4) is 0 Å². The van der Waals surface area contributed by atoms with Crippen LogP contribution in [0.5, 0.6) is 5.75 Å². The molecule has 1 aromatic carbocycles. The summed E-state index contributed by atoms with van der Waals surface area (Å²) in [6.45, 7) is 0. The Bertz CT molecular complexity index is 610. The number of nitrogens with two attached hydrogens (primary N) is 2. The number of benzene rings is 1. The number of rotatable bonds is 3. The van der Waals surface area contributed by atoms with Gasteiger partial charge in [-0.2, -0.15) is 0 Å². The van der Waals surface area contributed by atoms with Gasteiger partial charge >= 0.3 is 0 Å². The zero-order chi connectivity index (χ0) is 14.0. The number of anilines is 1. The number of ether oxygens (including phenoxy) is 1. The van der Waals surface area contributed by atoms with E-state index in [-0.39, 0.29) is 27.2 Å². The number of halogens is 3. The Kier molecular flexibility index (Phi) is 4.09. The number of aromatic nitrogens is 1. The summed E-state index contributed by atoms with van der Waals surface area (Å²) in [6, 6.07) is 5.73. The first-order valence-electron chi connectivity index (χ1n) is 5.27. The molecule has 0 aliphatic carbocycles. The highest BCUT2D eigenvalue weighted by Gasteiger charge is 2.19. The molecule has 0 saturated heterocycles. The van der Waals surface area contributed by atoms with Gasteiger partial charge < -0.3 is 10.5 Å². The summed E-state index contributed by atoms with van der Waals surface area (Å²) in [7, 11) is 0. The first kappa shape index (κ1) is 13.9. The minimum absolute atomic E-state index is 0.159. The fraction of sp³-hybridized carbons (Fsp3) is 0.0833. The fourth-order valence-electron chi connectivity index (χ4n) is 1.50. The number of hydrogen-bond acceptors (Lipinski definition) is 4. The van der Waals surface area contributed by atoms with E-state index >= 15 is 0 Å². The van der Waals surface area contributed by atoms with Crippen molar-refractivity contribution in [1.29, 1.82) is 0 Å². The number of pyridine rings is 1. The largest absolute Gasteiger partial charge is 0.467 e. The van der Waals surface area contributed by atoms with Crippen LogP contribution in [0.15, 0.2) is 30.5 Å². The number of nitrogen functional groups attached to an aromatic ring is 1. The van der Waals surface area contributed by atoms with Crippen molar-refractivity contribution in [2.24, 2.45) is 5.73 Å². The van der Waals surface area contributed by atoms with Crippen molar-refractivity contribution in [3.05, 3.63) is 51.9 Å². The predicted molar refractivity (Wildman–Crippen MR) is 72.6 cm³/mol. The van der Waals surface area contributed by atoms with E-state index in [1.165, 1.54) is 12.3 Å². The van der Waals surface area contributed by atoms with Gasteiger partial charge in [-0.1, -0.05) is 23.2 Å². The third-order valence-electron chi connectivity index (χ3n) is 2.42. The molecular formula is C12H10Cl2FN3O. The molecule has 0 amide bonds. The van der Waals surface area contributed by atoms with Gasteiger partial charge in [-0.3, -0.25) is 5.73 Å². The molecule has 1 heterocycles. The fourth-order valence-corrected chi connectivity index (χ4v) is 2.09. The molecule has 19 heavy (non-hydrogen) atoms. The van der Waals surface area contributed by atoms with Crippen LogP contribution in [0, 0.1) is 5.82 Å². The number of hydrogen-bond donors (Lipinski definition) is 2. The van der Waals surface area contributed by atoms with E-state index < -0.39 is 12.0 Å². The van der Waals surface area contributed by atoms with Crippen LogP contribution in [-0.2, 0) is 0 Å². The van der Waals surface area contributed by atoms with Gasteiger partial charge in [-0.05, 0) is 24.3 Å². The molecule has 4 N–H and O–H groups in total. The van der Waals surface area contributed by atoms with Crippen molar-refractivity contribution >= 4 is 29.0 Å². The lowest BCUT2D eigenvalue weighted by atomic mass is 10.2. The first-order chi connectivity index (χ1) is 9.00. The van der Waals surface area contributed by atoms with Crippen LogP contribution in [-0.4, -0.2) is 4.98 Å². The minimum Gasteiger partial charge on any atom is -0.467 e. The first-order valence-corrected chi connectivity index (χ1v) is 6.02. The highest BCUT2D eigenvalue weighted by molar-refractivity contribution is 6.36. The summed E-state index contributed by atoms with van der Waals surface area (Å²) in [6.07, 6.45) is 0.456. The summed E-state index contributed by atoms with van der Waals surface area (Å²) < 4.78 is 18.8. The average molecular weight is 302 g/mol. The van der Waals surface area contributed by atoms with E-state index in [4.69, 9.17) is 39.4 Å². The van der Waals surface area contributed by atoms with E-state index in [9.17, 15) is 4.39 Å². The monoisotopic (exact) mass is 301 g/mol. The van der Waals surface area contributed by atoms with Gasteiger partial charge in [0, 0.05) is 11.8 Å². The maximum Gasteiger partial charge on any atom is 0.177 e. The second kappa shape index (κ2) is 5.61. The predicted octanol–water partition coefficient (Wildman–Crippen LogP) is 3.15. The van der Waals surface area contributed by atoms with E-state index in [0.717, 1.165) is 6.07 Å². The Morgan fingerprint density at radius 3 is 2.68 bits per heavy atom. The molecular weight excluding hydrogens is 292 g/mol. The van der Waals surface area contributed by atoms with E-state index in [0.29, 0.717) is 0 Å². The third-order valence-corrected chi connectivity index (χ3v) is 3.13. The van der Waals surface area contributed by atoms with Crippen LogP contribution in [0.1, 0.15) is 11.8 Å². The van der Waals surface area contributed by atoms with Crippen LogP contribution < -0.4 is 16.2 Å². The molecule has 0 radical (unpaired) electrons. The Balaban J connectivity index is 2.33. The second-order valence-corrected chi connectivity index (χ2v) is 4.47. The van der Waals surface area contributed by atoms with Crippen LogP contribution in [0.25, 0.3) is 0 Å². The normalized spacial score (nSPS) is 12.2. The quantitative estimate of drug-likeness (QED) is 0.674. The van der Waals surface area contributed by atoms with Gasteiger partial charge in [0.15, 0.2) is 17.8 Å². The molecule has 0 bridgehead atoms. The zero-order valence-electron chi connectivity index (χ0n) is 9.61. The summed E-state index contributed by atoms with van der Waals surface area (Å²) in [5.41, 5.74) is 11.6. The summed E-state index contributed by atoms with van der Waals surface area (Å²) in [5.74, 6) is -0.188. The van der Waals surface area contributed by atoms with Gasteiger partial charge in [0.2, 0.25) is 0 Å². The smallest absolute Gasteiger partial charge is 0.177 e. The number of nitrogens with zero attached hydrogens (tertiary/aromatic N) is 1. The summed E-state index contributed by atoms with van der Waals surface area (Å²) in [4.78, 5) is 3.85. The van der Waals surface area contributed by atoms with Crippen molar-refractivity contribution < 1.29 is 9.13 Å². The maximum absolute atomic E-state index is 13.4. The van der Waals surface area contributed by atoms with Gasteiger partial charge in [0.25, 0.3) is 0 Å². The topological polar surface area (TPSA) is 74.2 Å². The summed E-state index contributed by atoms with van der Waals surface area (Å²) in [5, 5.41) is 0.0313. The van der Waals surface area contributed by atoms with Crippen LogP contribution in [0.4, 0.5) is 10.2 Å². The average Bonchev–Trinajstić information content (AvgIpc) is 2.37. The van der Waals surface area contributed by atoms with Gasteiger partial charge in [-0.15, -0.1) is 0 Å². The Morgan fingerprint density at radius 1 is 1.26 bits per heavy atom. The van der Waals surface area contributed by atoms with Crippen molar-refractivity contribution in [3.8, 4) is 5.75 Å². The highest BCUT2D eigenvalue weighted by atomic mass is 35.5. The Labute approximate surface area is 119 Å². The standard InChI is InChI=1S/C12H10Cl2FN3O/c13-6-3-4-7(15)10(14)9(6)12(17)19-8-2-1-5-18-11(8)16/h1-5,12H,17H2,(H2,16,18)/t12-/m1/s1. The Hall–Kier alpha value is -1.56. The molecule has 100 valence electrons. The summed E-state index contributed by atoms with van der Waals surface area (Å²) >= 11 is 11.8. The molecule has 2 rings (SSSR count). The lowest BCUT2D eigenvalue weighted by Gasteiger charge is -2.18. The van der Waals surface area contributed by atoms with E-state index in [1.807, 2.05) is 0 Å².